The number of nitrogens with one attached hydrogen (secondary N) is 1. The molecule has 0 spiro atoms. The standard InChI is InChI=1S/C26H23ClN8O3/c27-21-8-5-17(9-20(21)24-29-13-30-33-24)22(12-38-14-36)35-25(37)23(32-26(35)28)16-3-1-15(2-4-16)18-10-31-34(11-18)19-6-7-19/h1-5,8-11,13-14,19,22-23H,6-7,12H2,(H2,28,32)(H,29,30,33)/t22?,23-/m1/s1. The lowest BCUT2D eigenvalue weighted by Crippen LogP contribution is -2.42. The van der Waals surface area contributed by atoms with Gasteiger partial charge in [0.25, 0.3) is 12.4 Å². The highest BCUT2D eigenvalue weighted by Gasteiger charge is 2.40. The number of hydrogen-bond donors (Lipinski definition) is 2. The van der Waals surface area contributed by atoms with Crippen molar-refractivity contribution < 1.29 is 14.3 Å². The number of amides is 1. The molecule has 2 aromatic carbocycles. The lowest BCUT2D eigenvalue weighted by atomic mass is 10.00. The van der Waals surface area contributed by atoms with Crippen LogP contribution in [-0.4, -0.2) is 54.8 Å². The number of aromatic nitrogens is 5. The number of ether oxygens (including phenoxy) is 1. The lowest BCUT2D eigenvalue weighted by Gasteiger charge is -2.28. The van der Waals surface area contributed by atoms with Crippen LogP contribution in [0.25, 0.3) is 22.5 Å². The van der Waals surface area contributed by atoms with Gasteiger partial charge < -0.3 is 10.5 Å². The van der Waals surface area contributed by atoms with Crippen LogP contribution in [0.15, 0.2) is 66.2 Å². The lowest BCUT2D eigenvalue weighted by molar-refractivity contribution is -0.135. The van der Waals surface area contributed by atoms with Crippen LogP contribution in [0.3, 0.4) is 0 Å². The summed E-state index contributed by atoms with van der Waals surface area (Å²) in [6, 6.07) is 11.8. The Morgan fingerprint density at radius 3 is 2.71 bits per heavy atom. The van der Waals surface area contributed by atoms with Gasteiger partial charge in [0.2, 0.25) is 0 Å². The van der Waals surface area contributed by atoms with Gasteiger partial charge in [0.05, 0.1) is 23.3 Å². The largest absolute Gasteiger partial charge is 0.465 e. The van der Waals surface area contributed by atoms with Gasteiger partial charge in [-0.1, -0.05) is 41.9 Å². The van der Waals surface area contributed by atoms with E-state index in [4.69, 9.17) is 22.1 Å². The van der Waals surface area contributed by atoms with E-state index >= 15 is 0 Å². The molecule has 0 radical (unpaired) electrons. The zero-order valence-electron chi connectivity index (χ0n) is 20.1. The van der Waals surface area contributed by atoms with E-state index in [1.807, 2.05) is 41.3 Å². The summed E-state index contributed by atoms with van der Waals surface area (Å²) in [5.74, 6) is 0.167. The van der Waals surface area contributed by atoms with Gasteiger partial charge in [0.1, 0.15) is 12.9 Å². The number of H-pyrrole nitrogens is 1. The van der Waals surface area contributed by atoms with Gasteiger partial charge in [-0.2, -0.15) is 10.2 Å². The van der Waals surface area contributed by atoms with Gasteiger partial charge in [-0.3, -0.25) is 24.3 Å². The highest BCUT2D eigenvalue weighted by molar-refractivity contribution is 6.33. The van der Waals surface area contributed by atoms with Crippen molar-refractivity contribution in [3.05, 3.63) is 77.3 Å². The van der Waals surface area contributed by atoms with E-state index in [1.165, 1.54) is 11.2 Å². The molecule has 2 atom stereocenters. The third kappa shape index (κ3) is 4.41. The topological polar surface area (TPSA) is 144 Å². The molecule has 38 heavy (non-hydrogen) atoms. The van der Waals surface area contributed by atoms with Crippen LogP contribution >= 0.6 is 11.6 Å². The van der Waals surface area contributed by atoms with Gasteiger partial charge in [0, 0.05) is 17.3 Å². The van der Waals surface area contributed by atoms with Crippen molar-refractivity contribution in [2.24, 2.45) is 10.7 Å². The summed E-state index contributed by atoms with van der Waals surface area (Å²) in [6.07, 6.45) is 7.59. The first-order chi connectivity index (χ1) is 18.5. The molecule has 1 saturated carbocycles. The predicted octanol–water partition coefficient (Wildman–Crippen LogP) is 3.44. The summed E-state index contributed by atoms with van der Waals surface area (Å²) in [5, 5.41) is 11.5. The minimum absolute atomic E-state index is 0.0328. The second kappa shape index (κ2) is 9.75. The molecular formula is C26H23ClN8O3. The Morgan fingerprint density at radius 1 is 1.18 bits per heavy atom. The van der Waals surface area contributed by atoms with E-state index in [1.54, 1.807) is 18.2 Å². The minimum atomic E-state index is -0.821. The average molecular weight is 531 g/mol. The third-order valence-corrected chi connectivity index (χ3v) is 7.07. The van der Waals surface area contributed by atoms with Crippen LogP contribution in [-0.2, 0) is 14.3 Å². The predicted molar refractivity (Wildman–Crippen MR) is 139 cm³/mol. The van der Waals surface area contributed by atoms with Crippen LogP contribution in [0, 0.1) is 0 Å². The molecule has 1 unspecified atom stereocenters. The molecule has 11 nitrogen and oxygen atoms in total. The van der Waals surface area contributed by atoms with Crippen molar-refractivity contribution >= 4 is 29.9 Å². The van der Waals surface area contributed by atoms with E-state index in [0.717, 1.165) is 24.0 Å². The number of benzene rings is 2. The van der Waals surface area contributed by atoms with Crippen molar-refractivity contribution in [2.45, 2.75) is 31.0 Å². The SMILES string of the molecule is NC1=N[C@H](c2ccc(-c3cnn(C4CC4)c3)cc2)C(=O)N1C(COC=O)c1ccc(Cl)c(-c2ncn[nH]2)c1. The van der Waals surface area contributed by atoms with E-state index in [-0.39, 0.29) is 18.5 Å². The van der Waals surface area contributed by atoms with Crippen molar-refractivity contribution in [3.63, 3.8) is 0 Å². The monoisotopic (exact) mass is 530 g/mol. The molecule has 2 aromatic heterocycles. The van der Waals surface area contributed by atoms with Gasteiger partial charge in [-0.05, 0) is 41.7 Å². The second-order valence-electron chi connectivity index (χ2n) is 9.18. The van der Waals surface area contributed by atoms with Crippen molar-refractivity contribution in [1.29, 1.82) is 0 Å². The Morgan fingerprint density at radius 2 is 2.00 bits per heavy atom. The van der Waals surface area contributed by atoms with Crippen LogP contribution in [0.5, 0.6) is 0 Å². The number of nitrogens with zero attached hydrogens (tertiary/aromatic N) is 6. The maximum Gasteiger partial charge on any atom is 0.293 e. The van der Waals surface area contributed by atoms with Gasteiger partial charge in [-0.25, -0.2) is 9.98 Å². The maximum absolute atomic E-state index is 13.6. The van der Waals surface area contributed by atoms with Gasteiger partial charge in [0.15, 0.2) is 17.8 Å². The maximum atomic E-state index is 13.6. The van der Waals surface area contributed by atoms with E-state index in [2.05, 4.69) is 25.3 Å². The van der Waals surface area contributed by atoms with Crippen molar-refractivity contribution in [1.82, 2.24) is 29.9 Å². The summed E-state index contributed by atoms with van der Waals surface area (Å²) in [5.41, 5.74) is 10.2. The fourth-order valence-electron chi connectivity index (χ4n) is 4.63. The Kier molecular flexibility index (Phi) is 6.12. The van der Waals surface area contributed by atoms with Crippen LogP contribution in [0.4, 0.5) is 0 Å². The number of carbonyl (C=O) groups is 2. The first-order valence-electron chi connectivity index (χ1n) is 12.0. The smallest absolute Gasteiger partial charge is 0.293 e. The molecule has 2 aliphatic rings. The Bertz CT molecular complexity index is 1510. The normalized spacial score (nSPS) is 17.9. The number of aliphatic imine (C=N–C) groups is 1. The molecule has 1 aliphatic heterocycles. The molecule has 6 rings (SSSR count). The number of carbonyl (C=O) groups excluding carboxylic acids is 2. The molecule has 1 amide bonds. The van der Waals surface area contributed by atoms with E-state index in [0.29, 0.717) is 40.1 Å². The molecule has 192 valence electrons. The number of hydrogen-bond acceptors (Lipinski definition) is 8. The molecule has 0 bridgehead atoms. The summed E-state index contributed by atoms with van der Waals surface area (Å²) in [4.78, 5) is 34.7. The van der Waals surface area contributed by atoms with Gasteiger partial charge >= 0.3 is 0 Å². The van der Waals surface area contributed by atoms with Crippen molar-refractivity contribution in [3.8, 4) is 22.5 Å². The van der Waals surface area contributed by atoms with Crippen LogP contribution < -0.4 is 5.73 Å². The summed E-state index contributed by atoms with van der Waals surface area (Å²) >= 11 is 6.38. The number of aromatic amines is 1. The fourth-order valence-corrected chi connectivity index (χ4v) is 4.83. The molecule has 1 fully saturated rings. The Labute approximate surface area is 222 Å². The highest BCUT2D eigenvalue weighted by Crippen LogP contribution is 2.37. The molecule has 12 heteroatoms. The molecule has 4 aromatic rings. The number of rotatable bonds is 9. The first-order valence-corrected chi connectivity index (χ1v) is 12.4. The quantitative estimate of drug-likeness (QED) is 0.315. The van der Waals surface area contributed by atoms with Crippen LogP contribution in [0.2, 0.25) is 5.02 Å². The number of halogens is 1. The highest BCUT2D eigenvalue weighted by atomic mass is 35.5. The molecule has 1 aliphatic carbocycles. The molecular weight excluding hydrogens is 508 g/mol. The number of guanidine groups is 1. The molecule has 3 heterocycles. The Balaban J connectivity index is 1.27. The summed E-state index contributed by atoms with van der Waals surface area (Å²) < 4.78 is 7.09. The first kappa shape index (κ1) is 23.9. The van der Waals surface area contributed by atoms with E-state index in [9.17, 15) is 9.59 Å². The summed E-state index contributed by atoms with van der Waals surface area (Å²) in [6.45, 7) is 0.204. The Hall–Kier alpha value is -4.51. The zero-order chi connectivity index (χ0) is 26.2. The molecule has 0 saturated heterocycles. The zero-order valence-corrected chi connectivity index (χ0v) is 20.8. The van der Waals surface area contributed by atoms with Crippen LogP contribution in [0.1, 0.15) is 42.1 Å². The number of nitrogens with two attached hydrogens (primary N) is 1. The fraction of sp³-hybridized carbons (Fsp3) is 0.231. The second-order valence-corrected chi connectivity index (χ2v) is 9.59. The van der Waals surface area contributed by atoms with Gasteiger partial charge in [-0.15, -0.1) is 0 Å². The van der Waals surface area contributed by atoms with E-state index < -0.39 is 12.1 Å². The van der Waals surface area contributed by atoms with Crippen molar-refractivity contribution in [2.75, 3.05) is 6.61 Å². The molecule has 3 N–H and O–H groups in total. The average Bonchev–Trinajstić information content (AvgIpc) is 3.30. The summed E-state index contributed by atoms with van der Waals surface area (Å²) in [7, 11) is 0. The third-order valence-electron chi connectivity index (χ3n) is 6.74. The minimum Gasteiger partial charge on any atom is -0.465 e.